The molecule has 1 aliphatic rings. The van der Waals surface area contributed by atoms with Gasteiger partial charge in [0.1, 0.15) is 12.4 Å². The second-order valence-electron chi connectivity index (χ2n) is 4.95. The second kappa shape index (κ2) is 6.99. The van der Waals surface area contributed by atoms with E-state index in [4.69, 9.17) is 4.74 Å². The molecule has 1 fully saturated rings. The van der Waals surface area contributed by atoms with Gasteiger partial charge in [-0.05, 0) is 17.7 Å². The van der Waals surface area contributed by atoms with E-state index in [1.165, 1.54) is 0 Å². The van der Waals surface area contributed by atoms with Gasteiger partial charge in [-0.25, -0.2) is 9.67 Å². The van der Waals surface area contributed by atoms with Crippen LogP contribution in [-0.2, 0) is 16.1 Å². The molecule has 7 nitrogen and oxygen atoms in total. The maximum atomic E-state index is 12.0. The van der Waals surface area contributed by atoms with Gasteiger partial charge in [-0.3, -0.25) is 10.1 Å². The highest BCUT2D eigenvalue weighted by Crippen LogP contribution is 2.12. The van der Waals surface area contributed by atoms with Gasteiger partial charge in [0.15, 0.2) is 0 Å². The smallest absolute Gasteiger partial charge is 0.257 e. The molecule has 1 aromatic heterocycles. The number of hydrogen-bond acceptors (Lipinski definition) is 5. The van der Waals surface area contributed by atoms with Crippen molar-refractivity contribution in [3.63, 3.8) is 0 Å². The summed E-state index contributed by atoms with van der Waals surface area (Å²) < 4.78 is 8.08. The lowest BCUT2D eigenvalue weighted by Gasteiger charge is -2.21. The number of nitrogens with zero attached hydrogens (tertiary/aromatic N) is 3. The molecule has 1 aromatic carbocycles. The molecule has 0 spiro atoms. The Morgan fingerprint density at radius 2 is 2.45 bits per heavy atom. The lowest BCUT2D eigenvalue weighted by molar-refractivity contribution is -0.128. The third-order valence-electron chi connectivity index (χ3n) is 3.23. The zero-order chi connectivity index (χ0) is 15.4. The average Bonchev–Trinajstić information content (AvgIpc) is 2.95. The highest BCUT2D eigenvalue weighted by Gasteiger charge is 2.22. The Balaban J connectivity index is 1.60. The number of nitrogens with one attached hydrogen (secondary N) is 2. The van der Waals surface area contributed by atoms with E-state index in [2.05, 4.69) is 36.6 Å². The van der Waals surface area contributed by atoms with Crippen molar-refractivity contribution in [3.05, 3.63) is 40.6 Å². The fourth-order valence-electron chi connectivity index (χ4n) is 2.17. The Hall–Kier alpha value is -1.77. The SMILES string of the molecule is O=C(Nc1ncn(Cc2cccc(Br)c2)n1)C1CNCCO1. The maximum Gasteiger partial charge on any atom is 0.257 e. The van der Waals surface area contributed by atoms with Crippen LogP contribution in [0.4, 0.5) is 5.95 Å². The molecule has 1 amide bonds. The van der Waals surface area contributed by atoms with Crippen LogP contribution in [0, 0.1) is 0 Å². The summed E-state index contributed by atoms with van der Waals surface area (Å²) in [5.74, 6) is 0.0570. The molecule has 2 aromatic rings. The number of carbonyl (C=O) groups excluding carboxylic acids is 1. The molecule has 0 aliphatic carbocycles. The van der Waals surface area contributed by atoms with Crippen LogP contribution in [-0.4, -0.2) is 46.5 Å². The quantitative estimate of drug-likeness (QED) is 0.845. The van der Waals surface area contributed by atoms with E-state index in [0.29, 0.717) is 19.7 Å². The zero-order valence-electron chi connectivity index (χ0n) is 11.8. The van der Waals surface area contributed by atoms with Gasteiger partial charge in [-0.2, -0.15) is 0 Å². The van der Waals surface area contributed by atoms with E-state index in [1.807, 2.05) is 24.3 Å². The topological polar surface area (TPSA) is 81.1 Å². The number of rotatable bonds is 4. The Morgan fingerprint density at radius 1 is 1.55 bits per heavy atom. The van der Waals surface area contributed by atoms with Crippen LogP contribution in [0.25, 0.3) is 0 Å². The number of halogens is 1. The van der Waals surface area contributed by atoms with Crippen molar-refractivity contribution in [2.75, 3.05) is 25.0 Å². The highest BCUT2D eigenvalue weighted by molar-refractivity contribution is 9.10. The normalized spacial score (nSPS) is 18.1. The van der Waals surface area contributed by atoms with Crippen LogP contribution in [0.5, 0.6) is 0 Å². The predicted molar refractivity (Wildman–Crippen MR) is 84.5 cm³/mol. The van der Waals surface area contributed by atoms with Crippen LogP contribution in [0.2, 0.25) is 0 Å². The van der Waals surface area contributed by atoms with Crippen LogP contribution >= 0.6 is 15.9 Å². The van der Waals surface area contributed by atoms with Gasteiger partial charge in [-0.15, -0.1) is 5.10 Å². The molecule has 1 aliphatic heterocycles. The summed E-state index contributed by atoms with van der Waals surface area (Å²) in [6, 6.07) is 7.95. The van der Waals surface area contributed by atoms with Gasteiger partial charge in [0.25, 0.3) is 5.91 Å². The summed E-state index contributed by atoms with van der Waals surface area (Å²) >= 11 is 3.44. The van der Waals surface area contributed by atoms with Gasteiger partial charge >= 0.3 is 0 Å². The Morgan fingerprint density at radius 3 is 3.23 bits per heavy atom. The molecule has 1 atom stereocenters. The van der Waals surface area contributed by atoms with Crippen molar-refractivity contribution in [1.29, 1.82) is 0 Å². The van der Waals surface area contributed by atoms with Crippen molar-refractivity contribution in [3.8, 4) is 0 Å². The minimum atomic E-state index is -0.495. The van der Waals surface area contributed by atoms with Crippen molar-refractivity contribution < 1.29 is 9.53 Å². The fraction of sp³-hybridized carbons (Fsp3) is 0.357. The van der Waals surface area contributed by atoms with Crippen LogP contribution in [0.15, 0.2) is 35.1 Å². The predicted octanol–water partition coefficient (Wildman–Crippen LogP) is 1.02. The van der Waals surface area contributed by atoms with E-state index in [1.54, 1.807) is 11.0 Å². The Kier molecular flexibility index (Phi) is 4.81. The molecular formula is C14H16BrN5O2. The standard InChI is InChI=1S/C14H16BrN5O2/c15-11-3-1-2-10(6-11)8-20-9-17-14(19-20)18-13(21)12-7-16-4-5-22-12/h1-3,6,9,12,16H,4-5,7-8H2,(H,18,19,21). The number of benzene rings is 1. The molecule has 1 unspecified atom stereocenters. The monoisotopic (exact) mass is 365 g/mol. The lowest BCUT2D eigenvalue weighted by Crippen LogP contribution is -2.45. The molecule has 3 rings (SSSR count). The van der Waals surface area contributed by atoms with Crippen LogP contribution in [0.3, 0.4) is 0 Å². The number of amides is 1. The van der Waals surface area contributed by atoms with E-state index < -0.39 is 6.10 Å². The van der Waals surface area contributed by atoms with Gasteiger partial charge < -0.3 is 10.1 Å². The number of ether oxygens (including phenoxy) is 1. The van der Waals surface area contributed by atoms with Crippen molar-refractivity contribution in [1.82, 2.24) is 20.1 Å². The summed E-state index contributed by atoms with van der Waals surface area (Å²) in [5.41, 5.74) is 1.09. The molecule has 0 radical (unpaired) electrons. The van der Waals surface area contributed by atoms with E-state index >= 15 is 0 Å². The first kappa shape index (κ1) is 15.1. The number of anilines is 1. The summed E-state index contributed by atoms with van der Waals surface area (Å²) in [6.45, 7) is 2.39. The number of morpholine rings is 1. The van der Waals surface area contributed by atoms with E-state index in [0.717, 1.165) is 16.6 Å². The number of carbonyl (C=O) groups is 1. The lowest BCUT2D eigenvalue weighted by atomic mass is 10.2. The van der Waals surface area contributed by atoms with Crippen LogP contribution in [0.1, 0.15) is 5.56 Å². The van der Waals surface area contributed by atoms with Gasteiger partial charge in [-0.1, -0.05) is 28.1 Å². The van der Waals surface area contributed by atoms with Crippen LogP contribution < -0.4 is 10.6 Å². The summed E-state index contributed by atoms with van der Waals surface area (Å²) in [6.07, 6.45) is 1.10. The molecule has 0 bridgehead atoms. The number of hydrogen-bond donors (Lipinski definition) is 2. The molecule has 1 saturated heterocycles. The first-order chi connectivity index (χ1) is 10.7. The number of aromatic nitrogens is 3. The summed E-state index contributed by atoms with van der Waals surface area (Å²) in [5, 5.41) is 10.0. The summed E-state index contributed by atoms with van der Waals surface area (Å²) in [7, 11) is 0. The van der Waals surface area contributed by atoms with Gasteiger partial charge in [0.2, 0.25) is 5.95 Å². The molecule has 22 heavy (non-hydrogen) atoms. The van der Waals surface area contributed by atoms with Gasteiger partial charge in [0.05, 0.1) is 13.2 Å². The minimum Gasteiger partial charge on any atom is -0.366 e. The van der Waals surface area contributed by atoms with Crippen molar-refractivity contribution >= 4 is 27.8 Å². The third-order valence-corrected chi connectivity index (χ3v) is 3.72. The highest BCUT2D eigenvalue weighted by atomic mass is 79.9. The fourth-order valence-corrected chi connectivity index (χ4v) is 2.62. The Bertz CT molecular complexity index is 654. The largest absolute Gasteiger partial charge is 0.366 e. The van der Waals surface area contributed by atoms with Gasteiger partial charge in [0, 0.05) is 17.6 Å². The molecule has 2 N–H and O–H groups in total. The molecule has 2 heterocycles. The molecular weight excluding hydrogens is 350 g/mol. The second-order valence-corrected chi connectivity index (χ2v) is 5.86. The van der Waals surface area contributed by atoms with Crippen molar-refractivity contribution in [2.24, 2.45) is 0 Å². The molecule has 8 heteroatoms. The maximum absolute atomic E-state index is 12.0. The molecule has 0 saturated carbocycles. The van der Waals surface area contributed by atoms with Crippen molar-refractivity contribution in [2.45, 2.75) is 12.6 Å². The summed E-state index contributed by atoms with van der Waals surface area (Å²) in [4.78, 5) is 16.1. The Labute approximate surface area is 136 Å². The minimum absolute atomic E-state index is 0.229. The zero-order valence-corrected chi connectivity index (χ0v) is 13.4. The van der Waals surface area contributed by atoms with E-state index in [-0.39, 0.29) is 11.9 Å². The van der Waals surface area contributed by atoms with E-state index in [9.17, 15) is 4.79 Å². The first-order valence-corrected chi connectivity index (χ1v) is 7.77. The first-order valence-electron chi connectivity index (χ1n) is 6.98. The average molecular weight is 366 g/mol. The molecule has 116 valence electrons. The third kappa shape index (κ3) is 3.90.